The third-order valence-electron chi connectivity index (χ3n) is 1.81. The topological polar surface area (TPSA) is 29.1 Å². The third kappa shape index (κ3) is 4.39. The molecule has 0 rings (SSSR count). The van der Waals surface area contributed by atoms with Gasteiger partial charge in [0.2, 0.25) is 5.91 Å². The summed E-state index contributed by atoms with van der Waals surface area (Å²) in [6.45, 7) is 7.87. The maximum atomic E-state index is 11.3. The number of halogens is 1. The Morgan fingerprint density at radius 3 is 2.33 bits per heavy atom. The Morgan fingerprint density at radius 2 is 2.00 bits per heavy atom. The van der Waals surface area contributed by atoms with E-state index >= 15 is 0 Å². The minimum Gasteiger partial charge on any atom is -0.351 e. The molecular formula is C9H16ClNO. The standard InChI is InChI=1S/C9H16ClNO/c1-4-8(5-2)9(12)11-6-7(3)10/h8H,3-6H2,1-2H3,(H,11,12). The van der Waals surface area contributed by atoms with Gasteiger partial charge in [-0.2, -0.15) is 0 Å². The molecule has 0 fully saturated rings. The number of rotatable bonds is 5. The predicted octanol–water partition coefficient (Wildman–Crippen LogP) is 2.29. The van der Waals surface area contributed by atoms with Crippen LogP contribution in [-0.4, -0.2) is 12.5 Å². The zero-order chi connectivity index (χ0) is 9.56. The molecule has 0 bridgehead atoms. The monoisotopic (exact) mass is 189 g/mol. The molecule has 70 valence electrons. The Balaban J connectivity index is 3.77. The van der Waals surface area contributed by atoms with E-state index < -0.39 is 0 Å². The molecule has 0 saturated heterocycles. The van der Waals surface area contributed by atoms with Gasteiger partial charge < -0.3 is 5.32 Å². The summed E-state index contributed by atoms with van der Waals surface area (Å²) < 4.78 is 0. The van der Waals surface area contributed by atoms with Gasteiger partial charge in [-0.25, -0.2) is 0 Å². The summed E-state index contributed by atoms with van der Waals surface area (Å²) in [4.78, 5) is 11.3. The van der Waals surface area contributed by atoms with Crippen LogP contribution >= 0.6 is 11.6 Å². The second-order valence-corrected chi connectivity index (χ2v) is 3.28. The minimum absolute atomic E-state index is 0.0711. The highest BCUT2D eigenvalue weighted by molar-refractivity contribution is 6.29. The molecule has 0 unspecified atom stereocenters. The average Bonchev–Trinajstić information content (AvgIpc) is 2.03. The Labute approximate surface area is 79.0 Å². The van der Waals surface area contributed by atoms with Crippen LogP contribution in [0.3, 0.4) is 0 Å². The lowest BCUT2D eigenvalue weighted by Crippen LogP contribution is -2.30. The molecule has 0 heterocycles. The quantitative estimate of drug-likeness (QED) is 0.707. The highest BCUT2D eigenvalue weighted by atomic mass is 35.5. The molecule has 2 nitrogen and oxygen atoms in total. The van der Waals surface area contributed by atoms with E-state index in [1.54, 1.807) is 0 Å². The van der Waals surface area contributed by atoms with Gasteiger partial charge in [0.05, 0.1) is 6.54 Å². The SMILES string of the molecule is C=C(Cl)CNC(=O)C(CC)CC. The number of nitrogens with one attached hydrogen (secondary N) is 1. The molecule has 1 N–H and O–H groups in total. The first-order valence-electron chi connectivity index (χ1n) is 4.22. The lowest BCUT2D eigenvalue weighted by Gasteiger charge is -2.11. The van der Waals surface area contributed by atoms with E-state index in [0.29, 0.717) is 11.6 Å². The fourth-order valence-electron chi connectivity index (χ4n) is 0.987. The van der Waals surface area contributed by atoms with Crippen LogP contribution in [0.15, 0.2) is 11.6 Å². The summed E-state index contributed by atoms with van der Waals surface area (Å²) in [5.41, 5.74) is 0. The van der Waals surface area contributed by atoms with Gasteiger partial charge in [0.15, 0.2) is 0 Å². The Morgan fingerprint density at radius 1 is 1.50 bits per heavy atom. The van der Waals surface area contributed by atoms with Gasteiger partial charge in [-0.15, -0.1) is 0 Å². The van der Waals surface area contributed by atoms with Crippen molar-refractivity contribution in [2.45, 2.75) is 26.7 Å². The van der Waals surface area contributed by atoms with Gasteiger partial charge in [0.1, 0.15) is 0 Å². The zero-order valence-corrected chi connectivity index (χ0v) is 8.45. The van der Waals surface area contributed by atoms with Crippen molar-refractivity contribution >= 4 is 17.5 Å². The largest absolute Gasteiger partial charge is 0.351 e. The number of amides is 1. The van der Waals surface area contributed by atoms with Gasteiger partial charge >= 0.3 is 0 Å². The van der Waals surface area contributed by atoms with Crippen molar-refractivity contribution in [2.75, 3.05) is 6.54 Å². The fourth-order valence-corrected chi connectivity index (χ4v) is 1.05. The molecule has 0 aromatic heterocycles. The van der Waals surface area contributed by atoms with E-state index in [2.05, 4.69) is 11.9 Å². The molecule has 0 spiro atoms. The molecule has 0 atom stereocenters. The van der Waals surface area contributed by atoms with E-state index in [1.165, 1.54) is 0 Å². The van der Waals surface area contributed by atoms with Gasteiger partial charge in [0.25, 0.3) is 0 Å². The van der Waals surface area contributed by atoms with Gasteiger partial charge in [-0.05, 0) is 12.8 Å². The number of hydrogen-bond acceptors (Lipinski definition) is 1. The first-order chi connectivity index (χ1) is 5.61. The van der Waals surface area contributed by atoms with Crippen molar-refractivity contribution in [1.82, 2.24) is 5.32 Å². The third-order valence-corrected chi connectivity index (χ3v) is 1.94. The highest BCUT2D eigenvalue weighted by Crippen LogP contribution is 2.07. The predicted molar refractivity (Wildman–Crippen MR) is 52.1 cm³/mol. The molecule has 3 heteroatoms. The van der Waals surface area contributed by atoms with Crippen LogP contribution in [0.5, 0.6) is 0 Å². The first kappa shape index (κ1) is 11.5. The molecule has 0 radical (unpaired) electrons. The second-order valence-electron chi connectivity index (χ2n) is 2.75. The highest BCUT2D eigenvalue weighted by Gasteiger charge is 2.12. The molecular weight excluding hydrogens is 174 g/mol. The minimum atomic E-state index is 0.0711. The molecule has 0 aliphatic heterocycles. The first-order valence-corrected chi connectivity index (χ1v) is 4.60. The van der Waals surface area contributed by atoms with Crippen molar-refractivity contribution in [3.8, 4) is 0 Å². The number of carbonyl (C=O) groups is 1. The lowest BCUT2D eigenvalue weighted by molar-refractivity contribution is -0.124. The van der Waals surface area contributed by atoms with Crippen molar-refractivity contribution < 1.29 is 4.79 Å². The second kappa shape index (κ2) is 6.06. The molecule has 0 aliphatic carbocycles. The average molecular weight is 190 g/mol. The van der Waals surface area contributed by atoms with Gasteiger partial charge in [-0.1, -0.05) is 32.0 Å². The summed E-state index contributed by atoms with van der Waals surface area (Å²) in [5.74, 6) is 0.183. The van der Waals surface area contributed by atoms with Crippen LogP contribution in [0.1, 0.15) is 26.7 Å². The van der Waals surface area contributed by atoms with Crippen molar-refractivity contribution in [1.29, 1.82) is 0 Å². The molecule has 1 amide bonds. The van der Waals surface area contributed by atoms with Crippen LogP contribution in [0.25, 0.3) is 0 Å². The normalized spacial score (nSPS) is 10.0. The maximum Gasteiger partial charge on any atom is 0.223 e. The summed E-state index contributed by atoms with van der Waals surface area (Å²) in [5, 5.41) is 3.18. The van der Waals surface area contributed by atoms with Crippen molar-refractivity contribution in [2.24, 2.45) is 5.92 Å². The molecule has 0 aromatic carbocycles. The fraction of sp³-hybridized carbons (Fsp3) is 0.667. The molecule has 0 aliphatic rings. The Kier molecular flexibility index (Phi) is 5.81. The van der Waals surface area contributed by atoms with Crippen LogP contribution < -0.4 is 5.32 Å². The zero-order valence-electron chi connectivity index (χ0n) is 7.69. The van der Waals surface area contributed by atoms with Gasteiger partial charge in [0, 0.05) is 11.0 Å². The van der Waals surface area contributed by atoms with E-state index in [4.69, 9.17) is 11.6 Å². The Hall–Kier alpha value is -0.500. The lowest BCUT2D eigenvalue weighted by atomic mass is 10.0. The summed E-state index contributed by atoms with van der Waals surface area (Å²) in [6.07, 6.45) is 1.74. The van der Waals surface area contributed by atoms with Crippen LogP contribution in [0.2, 0.25) is 0 Å². The van der Waals surface area contributed by atoms with E-state index in [-0.39, 0.29) is 11.8 Å². The number of carbonyl (C=O) groups excluding carboxylic acids is 1. The molecule has 0 aromatic rings. The molecule has 12 heavy (non-hydrogen) atoms. The molecule has 0 saturated carbocycles. The van der Waals surface area contributed by atoms with E-state index in [0.717, 1.165) is 12.8 Å². The Bertz CT molecular complexity index is 164. The smallest absolute Gasteiger partial charge is 0.223 e. The maximum absolute atomic E-state index is 11.3. The summed E-state index contributed by atoms with van der Waals surface area (Å²) >= 11 is 5.50. The van der Waals surface area contributed by atoms with Crippen LogP contribution in [-0.2, 0) is 4.79 Å². The van der Waals surface area contributed by atoms with Crippen molar-refractivity contribution in [3.05, 3.63) is 11.6 Å². The number of hydrogen-bond donors (Lipinski definition) is 1. The summed E-state index contributed by atoms with van der Waals surface area (Å²) in [6, 6.07) is 0. The van der Waals surface area contributed by atoms with Crippen LogP contribution in [0.4, 0.5) is 0 Å². The van der Waals surface area contributed by atoms with Crippen LogP contribution in [0, 0.1) is 5.92 Å². The summed E-state index contributed by atoms with van der Waals surface area (Å²) in [7, 11) is 0. The van der Waals surface area contributed by atoms with Crippen molar-refractivity contribution in [3.63, 3.8) is 0 Å². The van der Waals surface area contributed by atoms with E-state index in [9.17, 15) is 4.79 Å². The van der Waals surface area contributed by atoms with E-state index in [1.807, 2.05) is 13.8 Å². The van der Waals surface area contributed by atoms with Gasteiger partial charge in [-0.3, -0.25) is 4.79 Å².